The minimum Gasteiger partial charge on any atom is -0.467 e. The highest BCUT2D eigenvalue weighted by Gasteiger charge is 2.30. The van der Waals surface area contributed by atoms with Crippen molar-refractivity contribution in [2.24, 2.45) is 5.92 Å². The van der Waals surface area contributed by atoms with Gasteiger partial charge in [-0.1, -0.05) is 13.8 Å². The Labute approximate surface area is 95.5 Å². The molecule has 0 aromatic heterocycles. The maximum atomic E-state index is 11.7. The first-order valence-corrected chi connectivity index (χ1v) is 5.56. The van der Waals surface area contributed by atoms with E-state index in [1.807, 2.05) is 13.8 Å². The molecule has 92 valence electrons. The molecule has 1 fully saturated rings. The summed E-state index contributed by atoms with van der Waals surface area (Å²) in [5, 5.41) is 2.67. The zero-order valence-corrected chi connectivity index (χ0v) is 9.99. The molecule has 1 saturated heterocycles. The van der Waals surface area contributed by atoms with Gasteiger partial charge in [-0.2, -0.15) is 0 Å². The minimum atomic E-state index is -0.596. The Bertz CT molecular complexity index is 259. The number of esters is 1. The van der Waals surface area contributed by atoms with Gasteiger partial charge in [-0.05, 0) is 18.8 Å². The van der Waals surface area contributed by atoms with E-state index >= 15 is 0 Å². The van der Waals surface area contributed by atoms with Gasteiger partial charge in [0.1, 0.15) is 12.1 Å². The number of amides is 1. The fourth-order valence-electron chi connectivity index (χ4n) is 1.66. The largest absolute Gasteiger partial charge is 0.467 e. The topological polar surface area (TPSA) is 64.6 Å². The molecule has 1 aliphatic rings. The van der Waals surface area contributed by atoms with E-state index in [9.17, 15) is 9.59 Å². The van der Waals surface area contributed by atoms with E-state index in [0.717, 1.165) is 12.8 Å². The lowest BCUT2D eigenvalue weighted by Crippen LogP contribution is -2.48. The Morgan fingerprint density at radius 1 is 1.44 bits per heavy atom. The van der Waals surface area contributed by atoms with Crippen LogP contribution in [-0.2, 0) is 19.1 Å². The highest BCUT2D eigenvalue weighted by atomic mass is 16.5. The SMILES string of the molecule is COC(=O)[C@H](NC(=O)[C@H]1CCCO1)C(C)C. The maximum absolute atomic E-state index is 11.7. The number of nitrogens with one attached hydrogen (secondary N) is 1. The summed E-state index contributed by atoms with van der Waals surface area (Å²) in [5.74, 6) is -0.638. The van der Waals surface area contributed by atoms with E-state index in [4.69, 9.17) is 4.74 Å². The fraction of sp³-hybridized carbons (Fsp3) is 0.818. The lowest BCUT2D eigenvalue weighted by atomic mass is 10.0. The average molecular weight is 229 g/mol. The first kappa shape index (κ1) is 13.0. The van der Waals surface area contributed by atoms with Crippen LogP contribution in [0.25, 0.3) is 0 Å². The maximum Gasteiger partial charge on any atom is 0.328 e. The summed E-state index contributed by atoms with van der Waals surface area (Å²) in [4.78, 5) is 23.2. The number of rotatable bonds is 4. The molecular weight excluding hydrogens is 210 g/mol. The quantitative estimate of drug-likeness (QED) is 0.712. The van der Waals surface area contributed by atoms with E-state index in [1.165, 1.54) is 7.11 Å². The van der Waals surface area contributed by atoms with Crippen molar-refractivity contribution in [3.8, 4) is 0 Å². The molecule has 0 unspecified atom stereocenters. The van der Waals surface area contributed by atoms with E-state index in [2.05, 4.69) is 10.1 Å². The molecule has 0 saturated carbocycles. The lowest BCUT2D eigenvalue weighted by molar-refractivity contribution is -0.147. The Morgan fingerprint density at radius 2 is 2.12 bits per heavy atom. The number of methoxy groups -OCH3 is 1. The molecule has 0 aliphatic carbocycles. The van der Waals surface area contributed by atoms with Crippen LogP contribution in [0.15, 0.2) is 0 Å². The summed E-state index contributed by atoms with van der Waals surface area (Å²) >= 11 is 0. The molecule has 0 bridgehead atoms. The number of carbonyl (C=O) groups excluding carboxylic acids is 2. The Morgan fingerprint density at radius 3 is 2.56 bits per heavy atom. The van der Waals surface area contributed by atoms with Crippen LogP contribution in [0.5, 0.6) is 0 Å². The van der Waals surface area contributed by atoms with Crippen LogP contribution in [0.1, 0.15) is 26.7 Å². The molecule has 1 rings (SSSR count). The van der Waals surface area contributed by atoms with Crippen molar-refractivity contribution in [1.82, 2.24) is 5.32 Å². The van der Waals surface area contributed by atoms with Crippen LogP contribution in [0.2, 0.25) is 0 Å². The molecule has 1 heterocycles. The first-order chi connectivity index (χ1) is 7.56. The zero-order valence-electron chi connectivity index (χ0n) is 9.99. The Kier molecular flexibility index (Phi) is 4.73. The summed E-state index contributed by atoms with van der Waals surface area (Å²) in [6.45, 7) is 4.33. The predicted octanol–water partition coefficient (Wildman–Crippen LogP) is 0.479. The third-order valence-electron chi connectivity index (χ3n) is 2.64. The van der Waals surface area contributed by atoms with Gasteiger partial charge in [0.05, 0.1) is 7.11 Å². The fourth-order valence-corrected chi connectivity index (χ4v) is 1.66. The molecule has 1 aliphatic heterocycles. The van der Waals surface area contributed by atoms with Gasteiger partial charge in [0.2, 0.25) is 5.91 Å². The molecule has 16 heavy (non-hydrogen) atoms. The summed E-state index contributed by atoms with van der Waals surface area (Å²) in [7, 11) is 1.32. The first-order valence-electron chi connectivity index (χ1n) is 5.56. The van der Waals surface area contributed by atoms with Gasteiger partial charge >= 0.3 is 5.97 Å². The highest BCUT2D eigenvalue weighted by molar-refractivity contribution is 5.87. The standard InChI is InChI=1S/C11H19NO4/c1-7(2)9(11(14)15-3)12-10(13)8-5-4-6-16-8/h7-9H,4-6H2,1-3H3,(H,12,13)/t8-,9-/m1/s1. The lowest BCUT2D eigenvalue weighted by Gasteiger charge is -2.21. The predicted molar refractivity (Wildman–Crippen MR) is 57.8 cm³/mol. The van der Waals surface area contributed by atoms with Crippen molar-refractivity contribution in [2.45, 2.75) is 38.8 Å². The molecule has 5 nitrogen and oxygen atoms in total. The van der Waals surface area contributed by atoms with Gasteiger partial charge in [-0.3, -0.25) is 4.79 Å². The van der Waals surface area contributed by atoms with E-state index in [0.29, 0.717) is 6.61 Å². The molecule has 0 aromatic carbocycles. The van der Waals surface area contributed by atoms with Crippen molar-refractivity contribution in [3.63, 3.8) is 0 Å². The van der Waals surface area contributed by atoms with Gasteiger partial charge in [0.25, 0.3) is 0 Å². The van der Waals surface area contributed by atoms with E-state index in [-0.39, 0.29) is 11.8 Å². The van der Waals surface area contributed by atoms with Gasteiger partial charge in [0, 0.05) is 6.61 Å². The average Bonchev–Trinajstić information content (AvgIpc) is 2.77. The molecule has 1 N–H and O–H groups in total. The van der Waals surface area contributed by atoms with Crippen LogP contribution in [0.3, 0.4) is 0 Å². The van der Waals surface area contributed by atoms with Crippen molar-refractivity contribution in [2.75, 3.05) is 13.7 Å². The van der Waals surface area contributed by atoms with Gasteiger partial charge in [-0.25, -0.2) is 4.79 Å². The zero-order chi connectivity index (χ0) is 12.1. The van der Waals surface area contributed by atoms with Crippen LogP contribution < -0.4 is 5.32 Å². The summed E-state index contributed by atoms with van der Waals surface area (Å²) in [6.07, 6.45) is 1.20. The summed E-state index contributed by atoms with van der Waals surface area (Å²) in [6, 6.07) is -0.596. The second-order valence-electron chi connectivity index (χ2n) is 4.26. The summed E-state index contributed by atoms with van der Waals surface area (Å²) in [5.41, 5.74) is 0. The monoisotopic (exact) mass is 229 g/mol. The summed E-state index contributed by atoms with van der Waals surface area (Å²) < 4.78 is 9.89. The number of carbonyl (C=O) groups is 2. The molecular formula is C11H19NO4. The highest BCUT2D eigenvalue weighted by Crippen LogP contribution is 2.13. The third kappa shape index (κ3) is 3.20. The van der Waals surface area contributed by atoms with Crippen LogP contribution in [0, 0.1) is 5.92 Å². The van der Waals surface area contributed by atoms with Crippen molar-refractivity contribution < 1.29 is 19.1 Å². The molecule has 2 atom stereocenters. The van der Waals surface area contributed by atoms with Crippen LogP contribution in [0.4, 0.5) is 0 Å². The Balaban J connectivity index is 2.53. The second-order valence-corrected chi connectivity index (χ2v) is 4.26. The van der Waals surface area contributed by atoms with Crippen LogP contribution >= 0.6 is 0 Å². The second kappa shape index (κ2) is 5.84. The number of hydrogen-bond donors (Lipinski definition) is 1. The van der Waals surface area contributed by atoms with Gasteiger partial charge in [-0.15, -0.1) is 0 Å². The Hall–Kier alpha value is -1.10. The number of hydrogen-bond acceptors (Lipinski definition) is 4. The number of ether oxygens (including phenoxy) is 2. The van der Waals surface area contributed by atoms with E-state index < -0.39 is 18.1 Å². The minimum absolute atomic E-state index is 0.00203. The van der Waals surface area contributed by atoms with Crippen molar-refractivity contribution >= 4 is 11.9 Å². The normalized spacial score (nSPS) is 21.9. The van der Waals surface area contributed by atoms with Gasteiger partial charge in [0.15, 0.2) is 0 Å². The van der Waals surface area contributed by atoms with Crippen LogP contribution in [-0.4, -0.2) is 37.7 Å². The molecule has 1 amide bonds. The molecule has 0 aromatic rings. The molecule has 0 radical (unpaired) electrons. The van der Waals surface area contributed by atoms with E-state index in [1.54, 1.807) is 0 Å². The molecule has 5 heteroatoms. The smallest absolute Gasteiger partial charge is 0.328 e. The molecule has 0 spiro atoms. The van der Waals surface area contributed by atoms with Crippen molar-refractivity contribution in [1.29, 1.82) is 0 Å². The third-order valence-corrected chi connectivity index (χ3v) is 2.64. The van der Waals surface area contributed by atoms with Gasteiger partial charge < -0.3 is 14.8 Å². The van der Waals surface area contributed by atoms with Crippen molar-refractivity contribution in [3.05, 3.63) is 0 Å².